The van der Waals surface area contributed by atoms with E-state index in [9.17, 15) is 9.18 Å². The maximum absolute atomic E-state index is 13.3. The zero-order chi connectivity index (χ0) is 24.5. The molecule has 3 heterocycles. The molecule has 2 aromatic carbocycles. The van der Waals surface area contributed by atoms with Crippen LogP contribution in [0.2, 0.25) is 0 Å². The molecule has 36 heavy (non-hydrogen) atoms. The van der Waals surface area contributed by atoms with Gasteiger partial charge in [-0.1, -0.05) is 17.3 Å². The lowest BCUT2D eigenvalue weighted by atomic mass is 10.1. The Bertz CT molecular complexity index is 1380. The number of nitrogens with zero attached hydrogens (tertiary/aromatic N) is 6. The highest BCUT2D eigenvalue weighted by Crippen LogP contribution is 2.40. The highest BCUT2D eigenvalue weighted by molar-refractivity contribution is 5.46. The maximum Gasteiger partial charge on any atom is 0.298 e. The maximum atomic E-state index is 13.3. The first kappa shape index (κ1) is 22.6. The van der Waals surface area contributed by atoms with Crippen molar-refractivity contribution in [3.63, 3.8) is 0 Å². The first-order valence-electron chi connectivity index (χ1n) is 12.5. The van der Waals surface area contributed by atoms with E-state index in [0.717, 1.165) is 62.4 Å². The van der Waals surface area contributed by atoms with E-state index in [4.69, 9.17) is 4.98 Å². The van der Waals surface area contributed by atoms with Crippen molar-refractivity contribution in [2.45, 2.75) is 37.6 Å². The summed E-state index contributed by atoms with van der Waals surface area (Å²) in [5.41, 5.74) is 3.69. The molecule has 0 amide bonds. The highest BCUT2D eigenvalue weighted by Gasteiger charge is 2.37. The number of benzene rings is 2. The minimum absolute atomic E-state index is 0.0924. The number of aryl methyl sites for hydroxylation is 1. The van der Waals surface area contributed by atoms with Crippen LogP contribution in [0.4, 0.5) is 10.2 Å². The van der Waals surface area contributed by atoms with Crippen LogP contribution in [0.3, 0.4) is 0 Å². The Morgan fingerprint density at radius 2 is 1.81 bits per heavy atom. The molecule has 2 aromatic heterocycles. The van der Waals surface area contributed by atoms with E-state index in [-0.39, 0.29) is 11.4 Å². The number of hydrogen-bond acceptors (Lipinski definition) is 6. The Labute approximate surface area is 208 Å². The van der Waals surface area contributed by atoms with Crippen LogP contribution in [-0.2, 0) is 6.42 Å². The Morgan fingerprint density at radius 1 is 1.03 bits per heavy atom. The Balaban J connectivity index is 1.13. The van der Waals surface area contributed by atoms with Crippen LogP contribution in [0.25, 0.3) is 11.4 Å². The average Bonchev–Trinajstić information content (AvgIpc) is 3.42. The fourth-order valence-electron chi connectivity index (χ4n) is 4.74. The van der Waals surface area contributed by atoms with Gasteiger partial charge in [0.05, 0.1) is 23.8 Å². The minimum Gasteiger partial charge on any atom is -0.352 e. The average molecular weight is 486 g/mol. The second-order valence-electron chi connectivity index (χ2n) is 9.49. The molecule has 4 aromatic rings. The fraction of sp³-hybridized carbons (Fsp3) is 0.333. The van der Waals surface area contributed by atoms with Crippen LogP contribution >= 0.6 is 0 Å². The van der Waals surface area contributed by atoms with Crippen molar-refractivity contribution >= 4 is 5.82 Å². The summed E-state index contributed by atoms with van der Waals surface area (Å²) in [6.45, 7) is 2.60. The number of nitrogens with one attached hydrogen (secondary N) is 1. The number of halogens is 1. The van der Waals surface area contributed by atoms with Crippen LogP contribution in [0.5, 0.6) is 0 Å². The predicted octanol–water partition coefficient (Wildman–Crippen LogP) is 3.24. The van der Waals surface area contributed by atoms with Gasteiger partial charge in [0.15, 0.2) is 5.82 Å². The molecule has 8 nitrogen and oxygen atoms in total. The summed E-state index contributed by atoms with van der Waals surface area (Å²) in [6, 6.07) is 15.0. The Hall–Kier alpha value is -3.85. The summed E-state index contributed by atoms with van der Waals surface area (Å²) >= 11 is 0. The van der Waals surface area contributed by atoms with Crippen molar-refractivity contribution in [3.05, 3.63) is 94.5 Å². The third-order valence-electron chi connectivity index (χ3n) is 7.01. The van der Waals surface area contributed by atoms with Gasteiger partial charge in [0.1, 0.15) is 5.82 Å². The summed E-state index contributed by atoms with van der Waals surface area (Å²) in [7, 11) is 0. The molecule has 2 aliphatic rings. The van der Waals surface area contributed by atoms with Crippen molar-refractivity contribution in [2.75, 3.05) is 24.5 Å². The number of aromatic nitrogens is 5. The second kappa shape index (κ2) is 9.66. The zero-order valence-corrected chi connectivity index (χ0v) is 19.9. The molecule has 1 saturated heterocycles. The van der Waals surface area contributed by atoms with Gasteiger partial charge in [-0.25, -0.2) is 14.1 Å². The summed E-state index contributed by atoms with van der Waals surface area (Å²) in [4.78, 5) is 20.1. The van der Waals surface area contributed by atoms with Crippen LogP contribution < -0.4 is 15.8 Å². The van der Waals surface area contributed by atoms with Gasteiger partial charge in [-0.3, -0.25) is 9.36 Å². The molecule has 0 unspecified atom stereocenters. The predicted molar refractivity (Wildman–Crippen MR) is 135 cm³/mol. The van der Waals surface area contributed by atoms with Crippen molar-refractivity contribution in [1.82, 2.24) is 29.9 Å². The van der Waals surface area contributed by atoms with Gasteiger partial charge >= 0.3 is 0 Å². The quantitative estimate of drug-likeness (QED) is 0.367. The van der Waals surface area contributed by atoms with Crippen LogP contribution in [-0.4, -0.2) is 50.2 Å². The summed E-state index contributed by atoms with van der Waals surface area (Å²) in [6.07, 6.45) is 9.15. The fourth-order valence-corrected chi connectivity index (χ4v) is 4.74. The van der Waals surface area contributed by atoms with Crippen LogP contribution in [0, 0.1) is 5.82 Å². The van der Waals surface area contributed by atoms with Crippen molar-refractivity contribution in [3.8, 4) is 11.4 Å². The second-order valence-corrected chi connectivity index (χ2v) is 9.49. The van der Waals surface area contributed by atoms with E-state index in [2.05, 4.69) is 20.5 Å². The first-order chi connectivity index (χ1) is 17.7. The van der Waals surface area contributed by atoms with Crippen molar-refractivity contribution in [1.29, 1.82) is 0 Å². The van der Waals surface area contributed by atoms with E-state index in [1.54, 1.807) is 21.6 Å². The number of anilines is 1. The molecule has 1 aliphatic carbocycles. The molecule has 6 rings (SSSR count). The van der Waals surface area contributed by atoms with Gasteiger partial charge in [0, 0.05) is 36.9 Å². The molecule has 1 saturated carbocycles. The van der Waals surface area contributed by atoms with Gasteiger partial charge in [0.2, 0.25) is 0 Å². The molecule has 2 fully saturated rings. The summed E-state index contributed by atoms with van der Waals surface area (Å²) < 4.78 is 16.6. The van der Waals surface area contributed by atoms with E-state index >= 15 is 0 Å². The third-order valence-corrected chi connectivity index (χ3v) is 7.01. The molecule has 9 heteroatoms. The Morgan fingerprint density at radius 3 is 2.50 bits per heavy atom. The van der Waals surface area contributed by atoms with E-state index < -0.39 is 0 Å². The third kappa shape index (κ3) is 4.66. The minimum atomic E-state index is -0.193. The van der Waals surface area contributed by atoms with Crippen LogP contribution in [0.1, 0.15) is 36.4 Å². The summed E-state index contributed by atoms with van der Waals surface area (Å²) in [5, 5.41) is 11.5. The van der Waals surface area contributed by atoms with Crippen molar-refractivity contribution in [2.24, 2.45) is 0 Å². The molecular formula is C27H28FN7O. The Kier molecular flexibility index (Phi) is 6.06. The molecule has 0 radical (unpaired) electrons. The standard InChI is InChI=1S/C27H28FN7O/c28-20-6-4-19(5-7-20)24-17-25(24)29-12-1-3-21-18-34(27(36)26(31-21)33-14-2-15-33)22-8-10-23(11-9-22)35-16-13-30-32-35/h4-11,13,16,18,24-25,29H,1-3,12,14-15,17H2/t24-,25+/m0/s1. The lowest BCUT2D eigenvalue weighted by Gasteiger charge is -2.31. The van der Waals surface area contributed by atoms with E-state index in [1.165, 1.54) is 17.7 Å². The molecule has 184 valence electrons. The van der Waals surface area contributed by atoms with Gasteiger partial charge < -0.3 is 10.2 Å². The molecule has 0 bridgehead atoms. The number of hydrogen-bond donors (Lipinski definition) is 1. The molecule has 1 aliphatic heterocycles. The van der Waals surface area contributed by atoms with Gasteiger partial charge in [-0.2, -0.15) is 0 Å². The SMILES string of the molecule is O=c1c(N2CCC2)nc(CCCN[C@@H]2C[C@H]2c2ccc(F)cc2)cn1-c1ccc(-n2ccnn2)cc1. The molecule has 2 atom stereocenters. The van der Waals surface area contributed by atoms with Gasteiger partial charge in [-0.05, 0) is 74.2 Å². The highest BCUT2D eigenvalue weighted by atomic mass is 19.1. The largest absolute Gasteiger partial charge is 0.352 e. The smallest absolute Gasteiger partial charge is 0.298 e. The molecule has 0 spiro atoms. The lowest BCUT2D eigenvalue weighted by molar-refractivity contribution is 0.596. The normalized spacial score (nSPS) is 18.8. The molecule has 1 N–H and O–H groups in total. The number of rotatable bonds is 9. The van der Waals surface area contributed by atoms with Gasteiger partial charge in [0.25, 0.3) is 5.56 Å². The topological polar surface area (TPSA) is 80.9 Å². The summed E-state index contributed by atoms with van der Waals surface area (Å²) in [5.74, 6) is 0.802. The zero-order valence-electron chi connectivity index (χ0n) is 19.9. The monoisotopic (exact) mass is 485 g/mol. The van der Waals surface area contributed by atoms with Crippen molar-refractivity contribution < 1.29 is 4.39 Å². The van der Waals surface area contributed by atoms with Gasteiger partial charge in [-0.15, -0.1) is 5.10 Å². The van der Waals surface area contributed by atoms with Crippen LogP contribution in [0.15, 0.2) is 71.9 Å². The van der Waals surface area contributed by atoms with E-state index in [0.29, 0.717) is 17.8 Å². The molecular weight excluding hydrogens is 457 g/mol. The first-order valence-corrected chi connectivity index (χ1v) is 12.5. The lowest BCUT2D eigenvalue weighted by Crippen LogP contribution is -2.42. The van der Waals surface area contributed by atoms with E-state index in [1.807, 2.05) is 42.6 Å².